The molecule has 0 aliphatic carbocycles. The number of rotatable bonds is 4. The molecule has 7 nitrogen and oxygen atoms in total. The molecule has 1 aromatic heterocycles. The zero-order valence-electron chi connectivity index (χ0n) is 11.0. The minimum atomic E-state index is -0.871. The quantitative estimate of drug-likeness (QED) is 0.868. The molecule has 0 spiro atoms. The van der Waals surface area contributed by atoms with Crippen molar-refractivity contribution in [1.29, 1.82) is 0 Å². The number of ether oxygens (including phenoxy) is 2. The van der Waals surface area contributed by atoms with E-state index in [0.29, 0.717) is 17.2 Å². The lowest BCUT2D eigenvalue weighted by Gasteiger charge is -2.11. The van der Waals surface area contributed by atoms with E-state index in [1.165, 1.54) is 31.2 Å². The minimum absolute atomic E-state index is 0.317. The van der Waals surface area contributed by atoms with Crippen molar-refractivity contribution >= 4 is 5.91 Å². The van der Waals surface area contributed by atoms with Gasteiger partial charge in [-0.2, -0.15) is 0 Å². The first kappa shape index (κ1) is 13.6. The molecule has 2 aromatic rings. The molecule has 0 aliphatic rings. The standard InChI is InChI=1S/C13H13N3O4/c1-19-9-4-3-8(7-10(9)20-2)16-6-5-15-11(12(14)17)13(16)18/h3-7H,1-2H3,(H2,14,17). The Balaban J connectivity index is 2.60. The molecule has 0 atom stereocenters. The van der Waals surface area contributed by atoms with Gasteiger partial charge in [0.25, 0.3) is 11.5 Å². The fourth-order valence-corrected chi connectivity index (χ4v) is 1.76. The number of primary amides is 1. The van der Waals surface area contributed by atoms with Crippen molar-refractivity contribution in [2.75, 3.05) is 14.2 Å². The second kappa shape index (κ2) is 5.43. The summed E-state index contributed by atoms with van der Waals surface area (Å²) >= 11 is 0. The summed E-state index contributed by atoms with van der Waals surface area (Å²) in [5.74, 6) is 0.132. The largest absolute Gasteiger partial charge is 0.493 e. The predicted molar refractivity (Wildman–Crippen MR) is 71.5 cm³/mol. The predicted octanol–water partition coefficient (Wildman–Crippen LogP) is 0.349. The van der Waals surface area contributed by atoms with E-state index in [1.54, 1.807) is 18.2 Å². The van der Waals surface area contributed by atoms with E-state index in [-0.39, 0.29) is 5.69 Å². The maximum absolute atomic E-state index is 12.1. The second-order valence-electron chi connectivity index (χ2n) is 3.85. The van der Waals surface area contributed by atoms with E-state index in [4.69, 9.17) is 15.2 Å². The van der Waals surface area contributed by atoms with Crippen LogP contribution >= 0.6 is 0 Å². The Morgan fingerprint density at radius 3 is 2.55 bits per heavy atom. The van der Waals surface area contributed by atoms with Gasteiger partial charge in [-0.1, -0.05) is 0 Å². The van der Waals surface area contributed by atoms with E-state index in [0.717, 1.165) is 0 Å². The Morgan fingerprint density at radius 2 is 1.95 bits per heavy atom. The molecule has 0 radical (unpaired) electrons. The van der Waals surface area contributed by atoms with Crippen molar-refractivity contribution in [2.24, 2.45) is 5.73 Å². The Morgan fingerprint density at radius 1 is 1.25 bits per heavy atom. The SMILES string of the molecule is COc1ccc(-n2ccnc(C(N)=O)c2=O)cc1OC. The molecule has 0 saturated carbocycles. The van der Waals surface area contributed by atoms with Crippen molar-refractivity contribution in [1.82, 2.24) is 9.55 Å². The molecule has 7 heteroatoms. The number of benzene rings is 1. The minimum Gasteiger partial charge on any atom is -0.493 e. The van der Waals surface area contributed by atoms with E-state index in [2.05, 4.69) is 4.98 Å². The first-order valence-electron chi connectivity index (χ1n) is 5.68. The van der Waals surface area contributed by atoms with Crippen LogP contribution in [0.25, 0.3) is 5.69 Å². The number of aromatic nitrogens is 2. The van der Waals surface area contributed by atoms with Gasteiger partial charge in [-0.05, 0) is 12.1 Å². The van der Waals surface area contributed by atoms with Crippen LogP contribution in [0.5, 0.6) is 11.5 Å². The summed E-state index contributed by atoms with van der Waals surface area (Å²) in [6.07, 6.45) is 2.77. The summed E-state index contributed by atoms with van der Waals surface area (Å²) in [6, 6.07) is 4.93. The molecule has 20 heavy (non-hydrogen) atoms. The topological polar surface area (TPSA) is 96.4 Å². The third-order valence-electron chi connectivity index (χ3n) is 2.72. The van der Waals surface area contributed by atoms with Crippen LogP contribution in [-0.4, -0.2) is 29.7 Å². The van der Waals surface area contributed by atoms with E-state index in [9.17, 15) is 9.59 Å². The Hall–Kier alpha value is -2.83. The van der Waals surface area contributed by atoms with Crippen molar-refractivity contribution in [3.8, 4) is 17.2 Å². The van der Waals surface area contributed by atoms with Gasteiger partial charge in [0.1, 0.15) is 0 Å². The highest BCUT2D eigenvalue weighted by Crippen LogP contribution is 2.28. The number of methoxy groups -OCH3 is 2. The smallest absolute Gasteiger partial charge is 0.286 e. The van der Waals surface area contributed by atoms with Crippen molar-refractivity contribution in [3.63, 3.8) is 0 Å². The summed E-state index contributed by atoms with van der Waals surface area (Å²) in [7, 11) is 3.01. The number of hydrogen-bond acceptors (Lipinski definition) is 5. The fraction of sp³-hybridized carbons (Fsp3) is 0.154. The molecule has 1 amide bonds. The van der Waals surface area contributed by atoms with Gasteiger partial charge in [0, 0.05) is 18.5 Å². The summed E-state index contributed by atoms with van der Waals surface area (Å²) in [6.45, 7) is 0. The average Bonchev–Trinajstić information content (AvgIpc) is 2.46. The number of nitrogens with two attached hydrogens (primary N) is 1. The van der Waals surface area contributed by atoms with Crippen LogP contribution in [-0.2, 0) is 0 Å². The molecular formula is C13H13N3O4. The molecule has 0 saturated heterocycles. The van der Waals surface area contributed by atoms with Crippen LogP contribution in [0.3, 0.4) is 0 Å². The number of carbonyl (C=O) groups is 1. The van der Waals surface area contributed by atoms with Crippen LogP contribution in [0.4, 0.5) is 0 Å². The van der Waals surface area contributed by atoms with E-state index in [1.807, 2.05) is 0 Å². The number of hydrogen-bond donors (Lipinski definition) is 1. The van der Waals surface area contributed by atoms with Crippen LogP contribution in [0.1, 0.15) is 10.5 Å². The highest BCUT2D eigenvalue weighted by Gasteiger charge is 2.12. The van der Waals surface area contributed by atoms with Crippen molar-refractivity contribution < 1.29 is 14.3 Å². The van der Waals surface area contributed by atoms with Gasteiger partial charge >= 0.3 is 0 Å². The van der Waals surface area contributed by atoms with Crippen molar-refractivity contribution in [2.45, 2.75) is 0 Å². The summed E-state index contributed by atoms with van der Waals surface area (Å²) in [4.78, 5) is 26.9. The normalized spacial score (nSPS) is 10.1. The molecule has 2 rings (SSSR count). The highest BCUT2D eigenvalue weighted by molar-refractivity contribution is 5.90. The number of nitrogens with zero attached hydrogens (tertiary/aromatic N) is 2. The first-order valence-corrected chi connectivity index (χ1v) is 5.68. The van der Waals surface area contributed by atoms with Gasteiger partial charge < -0.3 is 15.2 Å². The highest BCUT2D eigenvalue weighted by atomic mass is 16.5. The van der Waals surface area contributed by atoms with Crippen LogP contribution in [0.2, 0.25) is 0 Å². The molecule has 0 fully saturated rings. The number of carbonyl (C=O) groups excluding carboxylic acids is 1. The Kier molecular flexibility index (Phi) is 3.69. The fourth-order valence-electron chi connectivity index (χ4n) is 1.76. The molecule has 0 unspecified atom stereocenters. The van der Waals surface area contributed by atoms with Gasteiger partial charge in [-0.15, -0.1) is 0 Å². The molecule has 2 N–H and O–H groups in total. The average molecular weight is 275 g/mol. The third-order valence-corrected chi connectivity index (χ3v) is 2.72. The maximum Gasteiger partial charge on any atom is 0.286 e. The zero-order chi connectivity index (χ0) is 14.7. The van der Waals surface area contributed by atoms with Gasteiger partial charge in [-0.3, -0.25) is 14.2 Å². The lowest BCUT2D eigenvalue weighted by Crippen LogP contribution is -2.29. The second-order valence-corrected chi connectivity index (χ2v) is 3.85. The van der Waals surface area contributed by atoms with Crippen LogP contribution in [0, 0.1) is 0 Å². The van der Waals surface area contributed by atoms with E-state index >= 15 is 0 Å². The van der Waals surface area contributed by atoms with Crippen LogP contribution < -0.4 is 20.8 Å². The zero-order valence-corrected chi connectivity index (χ0v) is 11.0. The third kappa shape index (κ3) is 2.33. The first-order chi connectivity index (χ1) is 9.58. The molecule has 0 aliphatic heterocycles. The molecule has 1 heterocycles. The van der Waals surface area contributed by atoms with Gasteiger partial charge in [0.05, 0.1) is 19.9 Å². The molecular weight excluding hydrogens is 262 g/mol. The van der Waals surface area contributed by atoms with Crippen LogP contribution in [0.15, 0.2) is 35.4 Å². The maximum atomic E-state index is 12.1. The summed E-state index contributed by atoms with van der Waals surface area (Å²) in [5.41, 5.74) is 4.71. The summed E-state index contributed by atoms with van der Waals surface area (Å²) < 4.78 is 11.5. The summed E-state index contributed by atoms with van der Waals surface area (Å²) in [5, 5.41) is 0. The molecule has 1 aromatic carbocycles. The Bertz CT molecular complexity index is 709. The van der Waals surface area contributed by atoms with Gasteiger partial charge in [0.15, 0.2) is 17.2 Å². The Labute approximate surface area is 114 Å². The molecule has 0 bridgehead atoms. The number of amides is 1. The lowest BCUT2D eigenvalue weighted by atomic mass is 10.2. The molecule has 104 valence electrons. The van der Waals surface area contributed by atoms with Gasteiger partial charge in [-0.25, -0.2) is 4.98 Å². The van der Waals surface area contributed by atoms with Gasteiger partial charge in [0.2, 0.25) is 0 Å². The van der Waals surface area contributed by atoms with Crippen molar-refractivity contribution in [3.05, 3.63) is 46.6 Å². The van der Waals surface area contributed by atoms with E-state index < -0.39 is 11.5 Å². The lowest BCUT2D eigenvalue weighted by molar-refractivity contribution is 0.0993. The monoisotopic (exact) mass is 275 g/mol.